The van der Waals surface area contributed by atoms with Gasteiger partial charge >= 0.3 is 6.03 Å². The van der Waals surface area contributed by atoms with Gasteiger partial charge in [-0.2, -0.15) is 5.10 Å². The highest BCUT2D eigenvalue weighted by Gasteiger charge is 2.26. The van der Waals surface area contributed by atoms with Crippen molar-refractivity contribution in [3.05, 3.63) is 65.7 Å². The summed E-state index contributed by atoms with van der Waals surface area (Å²) in [6, 6.07) is 16.9. The van der Waals surface area contributed by atoms with E-state index in [-0.39, 0.29) is 6.10 Å². The zero-order valence-corrected chi connectivity index (χ0v) is 11.3. The summed E-state index contributed by atoms with van der Waals surface area (Å²) < 4.78 is 6.03. The number of para-hydroxylation sites is 1. The highest BCUT2D eigenvalue weighted by Crippen LogP contribution is 2.34. The van der Waals surface area contributed by atoms with E-state index in [1.807, 2.05) is 54.6 Å². The quantitative estimate of drug-likeness (QED) is 0.830. The maximum Gasteiger partial charge on any atom is 0.332 e. The topological polar surface area (TPSA) is 76.7 Å². The minimum Gasteiger partial charge on any atom is -0.485 e. The van der Waals surface area contributed by atoms with Crippen molar-refractivity contribution < 1.29 is 9.53 Å². The van der Waals surface area contributed by atoms with Crippen molar-refractivity contribution >= 4 is 11.7 Å². The van der Waals surface area contributed by atoms with E-state index >= 15 is 0 Å². The minimum atomic E-state index is -0.678. The normalized spacial score (nSPS) is 18.7. The van der Waals surface area contributed by atoms with Crippen molar-refractivity contribution in [2.45, 2.75) is 12.5 Å². The minimum absolute atomic E-state index is 0.130. The van der Waals surface area contributed by atoms with Crippen LogP contribution in [0.5, 0.6) is 5.75 Å². The van der Waals surface area contributed by atoms with Gasteiger partial charge in [0.05, 0.1) is 5.71 Å². The Morgan fingerprint density at radius 2 is 1.86 bits per heavy atom. The third kappa shape index (κ3) is 2.86. The molecule has 0 saturated carbocycles. The molecule has 0 bridgehead atoms. The van der Waals surface area contributed by atoms with Crippen LogP contribution in [0.3, 0.4) is 0 Å². The monoisotopic (exact) mass is 281 g/mol. The lowest BCUT2D eigenvalue weighted by molar-refractivity contribution is 0.206. The number of urea groups is 1. The maximum atomic E-state index is 10.9. The molecule has 2 aromatic carbocycles. The Labute approximate surface area is 122 Å². The van der Waals surface area contributed by atoms with Crippen LogP contribution in [-0.4, -0.2) is 11.7 Å². The Kier molecular flexibility index (Phi) is 3.55. The number of primary amides is 1. The van der Waals surface area contributed by atoms with Crippen molar-refractivity contribution in [3.63, 3.8) is 0 Å². The largest absolute Gasteiger partial charge is 0.485 e. The summed E-state index contributed by atoms with van der Waals surface area (Å²) in [6.07, 6.45) is 0.441. The number of rotatable bonds is 2. The second-order valence-electron chi connectivity index (χ2n) is 4.75. The lowest BCUT2D eigenvalue weighted by Crippen LogP contribution is -2.28. The Balaban J connectivity index is 1.96. The van der Waals surface area contributed by atoms with Crippen molar-refractivity contribution in [1.82, 2.24) is 5.43 Å². The standard InChI is InChI=1S/C16H15N3O2/c17-16(20)19-18-13-10-15(11-6-2-1-3-7-11)21-14-9-5-4-8-12(13)14/h1-9,15H,10H2,(H3,17,19,20). The molecule has 0 aromatic heterocycles. The fourth-order valence-corrected chi connectivity index (χ4v) is 2.37. The first-order valence-electron chi connectivity index (χ1n) is 6.67. The number of ether oxygens (including phenoxy) is 1. The molecule has 2 aromatic rings. The number of fused-ring (bicyclic) bond motifs is 1. The van der Waals surface area contributed by atoms with Gasteiger partial charge in [0.25, 0.3) is 0 Å². The summed E-state index contributed by atoms with van der Waals surface area (Å²) in [4.78, 5) is 10.9. The number of benzene rings is 2. The molecule has 5 heteroatoms. The van der Waals surface area contributed by atoms with Crippen LogP contribution < -0.4 is 15.9 Å². The molecule has 1 unspecified atom stereocenters. The van der Waals surface area contributed by atoms with Gasteiger partial charge in [-0.25, -0.2) is 10.2 Å². The number of amides is 2. The molecule has 2 amide bonds. The van der Waals surface area contributed by atoms with Crippen LogP contribution >= 0.6 is 0 Å². The number of nitrogens with one attached hydrogen (secondary N) is 1. The molecule has 0 spiro atoms. The predicted molar refractivity (Wildman–Crippen MR) is 80.1 cm³/mol. The van der Waals surface area contributed by atoms with Crippen LogP contribution in [0.4, 0.5) is 4.79 Å². The molecular weight excluding hydrogens is 266 g/mol. The molecular formula is C16H15N3O2. The fraction of sp³-hybridized carbons (Fsp3) is 0.125. The Morgan fingerprint density at radius 3 is 2.62 bits per heavy atom. The molecule has 3 rings (SSSR count). The molecule has 0 radical (unpaired) electrons. The molecule has 0 aliphatic carbocycles. The summed E-state index contributed by atoms with van der Waals surface area (Å²) in [5.74, 6) is 0.752. The molecule has 21 heavy (non-hydrogen) atoms. The number of nitrogens with two attached hydrogens (primary N) is 1. The molecule has 1 heterocycles. The van der Waals surface area contributed by atoms with Gasteiger partial charge in [-0.05, 0) is 17.7 Å². The van der Waals surface area contributed by atoms with Crippen LogP contribution in [0.2, 0.25) is 0 Å². The first-order chi connectivity index (χ1) is 10.2. The van der Waals surface area contributed by atoms with E-state index in [9.17, 15) is 4.79 Å². The number of hydrogen-bond donors (Lipinski definition) is 2. The highest BCUT2D eigenvalue weighted by atomic mass is 16.5. The van der Waals surface area contributed by atoms with Crippen LogP contribution in [0.15, 0.2) is 59.7 Å². The third-order valence-corrected chi connectivity index (χ3v) is 3.32. The zero-order chi connectivity index (χ0) is 14.7. The second-order valence-corrected chi connectivity index (χ2v) is 4.75. The van der Waals surface area contributed by atoms with Gasteiger partial charge < -0.3 is 10.5 Å². The van der Waals surface area contributed by atoms with E-state index in [1.54, 1.807) is 0 Å². The molecule has 5 nitrogen and oxygen atoms in total. The first kappa shape index (κ1) is 13.2. The van der Waals surface area contributed by atoms with Crippen LogP contribution in [0.25, 0.3) is 0 Å². The lowest BCUT2D eigenvalue weighted by Gasteiger charge is -2.27. The maximum absolute atomic E-state index is 10.9. The lowest BCUT2D eigenvalue weighted by atomic mass is 9.96. The van der Waals surface area contributed by atoms with Gasteiger partial charge in [-0.15, -0.1) is 0 Å². The van der Waals surface area contributed by atoms with Gasteiger partial charge in [0, 0.05) is 12.0 Å². The van der Waals surface area contributed by atoms with Crippen molar-refractivity contribution in [2.24, 2.45) is 10.8 Å². The highest BCUT2D eigenvalue weighted by molar-refractivity contribution is 6.04. The van der Waals surface area contributed by atoms with Gasteiger partial charge in [-0.1, -0.05) is 42.5 Å². The van der Waals surface area contributed by atoms with Crippen molar-refractivity contribution in [3.8, 4) is 5.75 Å². The van der Waals surface area contributed by atoms with Crippen molar-refractivity contribution in [1.29, 1.82) is 0 Å². The predicted octanol–water partition coefficient (Wildman–Crippen LogP) is 2.58. The molecule has 3 N–H and O–H groups in total. The van der Waals surface area contributed by atoms with Gasteiger partial charge in [-0.3, -0.25) is 0 Å². The Bertz CT molecular complexity index is 683. The Morgan fingerprint density at radius 1 is 1.14 bits per heavy atom. The van der Waals surface area contributed by atoms with Gasteiger partial charge in [0.1, 0.15) is 11.9 Å². The Hall–Kier alpha value is -2.82. The van der Waals surface area contributed by atoms with Gasteiger partial charge in [0.2, 0.25) is 0 Å². The summed E-state index contributed by atoms with van der Waals surface area (Å²) >= 11 is 0. The number of hydrazone groups is 1. The summed E-state index contributed by atoms with van der Waals surface area (Å²) in [5, 5.41) is 4.11. The average Bonchev–Trinajstić information content (AvgIpc) is 2.53. The summed E-state index contributed by atoms with van der Waals surface area (Å²) in [5.41, 5.74) is 10.1. The van der Waals surface area contributed by atoms with E-state index in [0.29, 0.717) is 6.42 Å². The van der Waals surface area contributed by atoms with E-state index in [0.717, 1.165) is 22.6 Å². The summed E-state index contributed by atoms with van der Waals surface area (Å²) in [6.45, 7) is 0. The molecule has 1 atom stereocenters. The fourth-order valence-electron chi connectivity index (χ4n) is 2.37. The van der Waals surface area contributed by atoms with Crippen LogP contribution in [0, 0.1) is 0 Å². The van der Waals surface area contributed by atoms with E-state index in [1.165, 1.54) is 0 Å². The molecule has 0 saturated heterocycles. The molecule has 1 aliphatic rings. The number of nitrogens with zero attached hydrogens (tertiary/aromatic N) is 1. The SMILES string of the molecule is NC(=O)NN=C1CC(c2ccccc2)Oc2ccccc21. The van der Waals surface area contributed by atoms with Crippen LogP contribution in [-0.2, 0) is 0 Å². The average molecular weight is 281 g/mol. The third-order valence-electron chi connectivity index (χ3n) is 3.32. The number of hydrogen-bond acceptors (Lipinski definition) is 3. The molecule has 0 fully saturated rings. The zero-order valence-electron chi connectivity index (χ0n) is 11.3. The van der Waals surface area contributed by atoms with E-state index in [2.05, 4.69) is 10.5 Å². The number of carbonyl (C=O) groups is 1. The first-order valence-corrected chi connectivity index (χ1v) is 6.67. The van der Waals surface area contributed by atoms with Crippen molar-refractivity contribution in [2.75, 3.05) is 0 Å². The van der Waals surface area contributed by atoms with E-state index < -0.39 is 6.03 Å². The molecule has 106 valence electrons. The second kappa shape index (κ2) is 5.66. The van der Waals surface area contributed by atoms with E-state index in [4.69, 9.17) is 10.5 Å². The van der Waals surface area contributed by atoms with Gasteiger partial charge in [0.15, 0.2) is 0 Å². The number of carbonyl (C=O) groups excluding carboxylic acids is 1. The molecule has 1 aliphatic heterocycles. The summed E-state index contributed by atoms with van der Waals surface area (Å²) in [7, 11) is 0. The smallest absolute Gasteiger partial charge is 0.332 e. The van der Waals surface area contributed by atoms with Crippen LogP contribution in [0.1, 0.15) is 23.7 Å².